The second kappa shape index (κ2) is 7.48. The van der Waals surface area contributed by atoms with Crippen LogP contribution in [0.1, 0.15) is 51.4 Å². The molecule has 1 heterocycles. The van der Waals surface area contributed by atoms with Crippen LogP contribution in [0.3, 0.4) is 0 Å². The average molecular weight is 267 g/mol. The molecule has 2 aliphatic rings. The predicted molar refractivity (Wildman–Crippen MR) is 73.7 cm³/mol. The van der Waals surface area contributed by atoms with Crippen LogP contribution >= 0.6 is 0 Å². The molecule has 19 heavy (non-hydrogen) atoms. The minimum atomic E-state index is -0.484. The summed E-state index contributed by atoms with van der Waals surface area (Å²) in [4.78, 5) is 23.3. The van der Waals surface area contributed by atoms with Crippen LogP contribution in [0, 0.1) is 0 Å². The van der Waals surface area contributed by atoms with Gasteiger partial charge in [-0.25, -0.2) is 0 Å². The lowest BCUT2D eigenvalue weighted by atomic mass is 10.0. The standard InChI is InChI=1S/C14H25N3O2/c18-13(14(19)17-12-6-1-2-7-12)16-10-8-11-5-3-4-9-15-11/h11-12,15H,1-10H2,(H,16,18)(H,17,19)/t11-/m1/s1. The van der Waals surface area contributed by atoms with Gasteiger partial charge in [0.25, 0.3) is 0 Å². The van der Waals surface area contributed by atoms with Crippen molar-refractivity contribution in [3.05, 3.63) is 0 Å². The van der Waals surface area contributed by atoms with Gasteiger partial charge in [-0.15, -0.1) is 0 Å². The Labute approximate surface area is 114 Å². The molecule has 108 valence electrons. The number of hydrogen-bond acceptors (Lipinski definition) is 3. The maximum absolute atomic E-state index is 11.6. The van der Waals surface area contributed by atoms with Crippen molar-refractivity contribution >= 4 is 11.8 Å². The zero-order valence-electron chi connectivity index (χ0n) is 11.5. The summed E-state index contributed by atoms with van der Waals surface area (Å²) in [5.74, 6) is -0.953. The number of amides is 2. The highest BCUT2D eigenvalue weighted by Gasteiger charge is 2.21. The van der Waals surface area contributed by atoms with Gasteiger partial charge in [-0.1, -0.05) is 19.3 Å². The first kappa shape index (κ1) is 14.3. The molecule has 2 fully saturated rings. The van der Waals surface area contributed by atoms with E-state index in [4.69, 9.17) is 0 Å². The molecule has 2 amide bonds. The van der Waals surface area contributed by atoms with Gasteiger partial charge in [0.1, 0.15) is 0 Å². The van der Waals surface area contributed by atoms with Gasteiger partial charge < -0.3 is 16.0 Å². The van der Waals surface area contributed by atoms with Gasteiger partial charge in [-0.3, -0.25) is 9.59 Å². The van der Waals surface area contributed by atoms with Gasteiger partial charge in [0, 0.05) is 18.6 Å². The summed E-state index contributed by atoms with van der Waals surface area (Å²) in [7, 11) is 0. The van der Waals surface area contributed by atoms with Crippen molar-refractivity contribution < 1.29 is 9.59 Å². The van der Waals surface area contributed by atoms with Gasteiger partial charge >= 0.3 is 11.8 Å². The van der Waals surface area contributed by atoms with Crippen LogP contribution in [0.25, 0.3) is 0 Å². The Bertz CT molecular complexity index is 308. The lowest BCUT2D eigenvalue weighted by Crippen LogP contribution is -2.45. The number of carbonyl (C=O) groups is 2. The van der Waals surface area contributed by atoms with E-state index < -0.39 is 11.8 Å². The zero-order chi connectivity index (χ0) is 13.5. The fraction of sp³-hybridized carbons (Fsp3) is 0.857. The van der Waals surface area contributed by atoms with Gasteiger partial charge in [0.15, 0.2) is 0 Å². The Hall–Kier alpha value is -1.10. The number of carbonyl (C=O) groups excluding carboxylic acids is 2. The molecule has 0 spiro atoms. The smallest absolute Gasteiger partial charge is 0.309 e. The maximum atomic E-state index is 11.6. The minimum absolute atomic E-state index is 0.207. The molecule has 0 unspecified atom stereocenters. The highest BCUT2D eigenvalue weighted by molar-refractivity contribution is 6.35. The molecule has 0 aromatic carbocycles. The third-order valence-corrected chi connectivity index (χ3v) is 4.09. The molecule has 1 saturated carbocycles. The van der Waals surface area contributed by atoms with Crippen molar-refractivity contribution in [3.63, 3.8) is 0 Å². The summed E-state index contributed by atoms with van der Waals surface area (Å²) >= 11 is 0. The molecule has 1 atom stereocenters. The molecule has 5 heteroatoms. The van der Waals surface area contributed by atoms with Crippen LogP contribution in [0.5, 0.6) is 0 Å². The molecule has 0 bridgehead atoms. The van der Waals surface area contributed by atoms with E-state index in [1.165, 1.54) is 19.3 Å². The van der Waals surface area contributed by atoms with Gasteiger partial charge in [-0.2, -0.15) is 0 Å². The normalized spacial score (nSPS) is 24.1. The molecule has 0 aromatic rings. The van der Waals surface area contributed by atoms with E-state index in [1.807, 2.05) is 0 Å². The van der Waals surface area contributed by atoms with Crippen molar-refractivity contribution in [1.29, 1.82) is 0 Å². The molecule has 0 aromatic heterocycles. The van der Waals surface area contributed by atoms with Crippen molar-refractivity contribution in [2.45, 2.75) is 63.5 Å². The molecular weight excluding hydrogens is 242 g/mol. The van der Waals surface area contributed by atoms with Crippen molar-refractivity contribution in [1.82, 2.24) is 16.0 Å². The quantitative estimate of drug-likeness (QED) is 0.657. The van der Waals surface area contributed by atoms with Crippen LogP contribution in [-0.4, -0.2) is 37.0 Å². The second-order valence-electron chi connectivity index (χ2n) is 5.65. The number of nitrogens with one attached hydrogen (secondary N) is 3. The third-order valence-electron chi connectivity index (χ3n) is 4.09. The molecule has 1 aliphatic carbocycles. The molecule has 3 N–H and O–H groups in total. The number of hydrogen-bond donors (Lipinski definition) is 3. The Morgan fingerprint density at radius 2 is 1.74 bits per heavy atom. The number of piperidine rings is 1. The first-order chi connectivity index (χ1) is 9.25. The Kier molecular flexibility index (Phi) is 5.63. The summed E-state index contributed by atoms with van der Waals surface area (Å²) in [6, 6.07) is 0.699. The molecule has 0 radical (unpaired) electrons. The maximum Gasteiger partial charge on any atom is 0.309 e. The third kappa shape index (κ3) is 4.82. The molecule has 1 saturated heterocycles. The van der Waals surface area contributed by atoms with Crippen molar-refractivity contribution in [2.24, 2.45) is 0 Å². The highest BCUT2D eigenvalue weighted by Crippen LogP contribution is 2.17. The number of rotatable bonds is 4. The minimum Gasteiger partial charge on any atom is -0.348 e. The van der Waals surface area contributed by atoms with Gasteiger partial charge in [0.2, 0.25) is 0 Å². The van der Waals surface area contributed by atoms with Gasteiger partial charge in [0.05, 0.1) is 0 Å². The van der Waals surface area contributed by atoms with E-state index in [2.05, 4.69) is 16.0 Å². The van der Waals surface area contributed by atoms with E-state index in [-0.39, 0.29) is 6.04 Å². The summed E-state index contributed by atoms with van der Waals surface area (Å²) < 4.78 is 0. The van der Waals surface area contributed by atoms with E-state index >= 15 is 0 Å². The molecule has 2 rings (SSSR count). The van der Waals surface area contributed by atoms with Crippen molar-refractivity contribution in [3.8, 4) is 0 Å². The van der Waals surface area contributed by atoms with Crippen LogP contribution in [0.4, 0.5) is 0 Å². The summed E-state index contributed by atoms with van der Waals surface area (Å²) in [5, 5.41) is 8.94. The zero-order valence-corrected chi connectivity index (χ0v) is 11.5. The van der Waals surface area contributed by atoms with E-state index in [0.29, 0.717) is 12.6 Å². The first-order valence-electron chi connectivity index (χ1n) is 7.58. The fourth-order valence-electron chi connectivity index (χ4n) is 2.93. The molecule has 1 aliphatic heterocycles. The summed E-state index contributed by atoms with van der Waals surface area (Å²) in [6.45, 7) is 1.65. The Morgan fingerprint density at radius 1 is 1.00 bits per heavy atom. The van der Waals surface area contributed by atoms with Crippen LogP contribution < -0.4 is 16.0 Å². The lowest BCUT2D eigenvalue weighted by Gasteiger charge is -2.23. The topological polar surface area (TPSA) is 70.2 Å². The van der Waals surface area contributed by atoms with Crippen molar-refractivity contribution in [2.75, 3.05) is 13.1 Å². The first-order valence-corrected chi connectivity index (χ1v) is 7.58. The predicted octanol–water partition coefficient (Wildman–Crippen LogP) is 0.694. The largest absolute Gasteiger partial charge is 0.348 e. The molecular formula is C14H25N3O2. The lowest BCUT2D eigenvalue weighted by molar-refractivity contribution is -0.139. The fourth-order valence-corrected chi connectivity index (χ4v) is 2.93. The van der Waals surface area contributed by atoms with Crippen LogP contribution in [0.2, 0.25) is 0 Å². The Balaban J connectivity index is 1.58. The van der Waals surface area contributed by atoms with Crippen LogP contribution in [-0.2, 0) is 9.59 Å². The van der Waals surface area contributed by atoms with E-state index in [0.717, 1.165) is 38.6 Å². The summed E-state index contributed by atoms with van der Waals surface area (Å²) in [5.41, 5.74) is 0. The van der Waals surface area contributed by atoms with Crippen LogP contribution in [0.15, 0.2) is 0 Å². The summed E-state index contributed by atoms with van der Waals surface area (Å²) in [6.07, 6.45) is 8.89. The van der Waals surface area contributed by atoms with E-state index in [9.17, 15) is 9.59 Å². The highest BCUT2D eigenvalue weighted by atomic mass is 16.2. The molecule has 5 nitrogen and oxygen atoms in total. The monoisotopic (exact) mass is 267 g/mol. The Morgan fingerprint density at radius 3 is 2.42 bits per heavy atom. The SMILES string of the molecule is O=C(NCC[C@H]1CCCCN1)C(=O)NC1CCCC1. The second-order valence-corrected chi connectivity index (χ2v) is 5.65. The average Bonchev–Trinajstić information content (AvgIpc) is 2.92. The van der Waals surface area contributed by atoms with Gasteiger partial charge in [-0.05, 0) is 38.6 Å². The van der Waals surface area contributed by atoms with E-state index in [1.54, 1.807) is 0 Å².